The summed E-state index contributed by atoms with van der Waals surface area (Å²) < 4.78 is 16.4. The van der Waals surface area contributed by atoms with Crippen molar-refractivity contribution in [3.8, 4) is 0 Å². The SMILES string of the molecule is Nc1ccc2oc(NCC3COCCO3)nc2c1. The Hall–Kier alpha value is -1.79. The topological polar surface area (TPSA) is 82.5 Å². The summed E-state index contributed by atoms with van der Waals surface area (Å²) in [6, 6.07) is 5.85. The average Bonchev–Trinajstić information content (AvgIpc) is 2.79. The number of ether oxygens (including phenoxy) is 2. The number of hydrogen-bond donors (Lipinski definition) is 2. The zero-order valence-corrected chi connectivity index (χ0v) is 9.89. The summed E-state index contributed by atoms with van der Waals surface area (Å²) in [6.07, 6.45) is 0.0406. The number of nitrogens with one attached hydrogen (secondary N) is 1. The molecule has 1 aromatic carbocycles. The van der Waals surface area contributed by atoms with Gasteiger partial charge in [0.2, 0.25) is 0 Å². The number of anilines is 2. The van der Waals surface area contributed by atoms with Gasteiger partial charge in [-0.1, -0.05) is 0 Å². The van der Waals surface area contributed by atoms with Crippen LogP contribution in [0.1, 0.15) is 0 Å². The fourth-order valence-electron chi connectivity index (χ4n) is 1.88. The minimum Gasteiger partial charge on any atom is -0.424 e. The summed E-state index contributed by atoms with van der Waals surface area (Å²) in [4.78, 5) is 4.30. The Bertz CT molecular complexity index is 534. The van der Waals surface area contributed by atoms with E-state index < -0.39 is 0 Å². The molecule has 1 fully saturated rings. The molecule has 2 aromatic rings. The van der Waals surface area contributed by atoms with Crippen LogP contribution >= 0.6 is 0 Å². The number of nitrogen functional groups attached to an aromatic ring is 1. The van der Waals surface area contributed by atoms with E-state index in [9.17, 15) is 0 Å². The van der Waals surface area contributed by atoms with Gasteiger partial charge in [-0.05, 0) is 18.2 Å². The van der Waals surface area contributed by atoms with Crippen LogP contribution in [0.15, 0.2) is 22.6 Å². The van der Waals surface area contributed by atoms with Crippen LogP contribution in [0.5, 0.6) is 0 Å². The Morgan fingerprint density at radius 3 is 3.17 bits per heavy atom. The molecule has 0 spiro atoms. The van der Waals surface area contributed by atoms with Crippen molar-refractivity contribution in [3.05, 3.63) is 18.2 Å². The molecule has 96 valence electrons. The fraction of sp³-hybridized carbons (Fsp3) is 0.417. The summed E-state index contributed by atoms with van der Waals surface area (Å²) in [5.41, 5.74) is 7.82. The van der Waals surface area contributed by atoms with Gasteiger partial charge in [0.05, 0.1) is 25.9 Å². The molecule has 1 atom stereocenters. The van der Waals surface area contributed by atoms with Crippen molar-refractivity contribution < 1.29 is 13.9 Å². The second kappa shape index (κ2) is 4.83. The number of oxazole rings is 1. The number of hydrogen-bond acceptors (Lipinski definition) is 6. The molecule has 0 amide bonds. The molecule has 1 aromatic heterocycles. The third-order valence-electron chi connectivity index (χ3n) is 2.78. The molecule has 3 N–H and O–H groups in total. The summed E-state index contributed by atoms with van der Waals surface area (Å²) in [5.74, 6) is 0. The monoisotopic (exact) mass is 249 g/mol. The van der Waals surface area contributed by atoms with E-state index in [4.69, 9.17) is 19.6 Å². The molecule has 1 aliphatic rings. The van der Waals surface area contributed by atoms with Crippen LogP contribution in [0.4, 0.5) is 11.7 Å². The van der Waals surface area contributed by atoms with Gasteiger partial charge >= 0.3 is 0 Å². The first-order chi connectivity index (χ1) is 8.81. The predicted molar refractivity (Wildman–Crippen MR) is 67.5 cm³/mol. The van der Waals surface area contributed by atoms with Crippen molar-refractivity contribution in [2.75, 3.05) is 37.4 Å². The van der Waals surface area contributed by atoms with Crippen LogP contribution in [0.25, 0.3) is 11.1 Å². The van der Waals surface area contributed by atoms with Crippen molar-refractivity contribution in [1.29, 1.82) is 0 Å². The first-order valence-corrected chi connectivity index (χ1v) is 5.90. The molecule has 18 heavy (non-hydrogen) atoms. The molecule has 1 unspecified atom stereocenters. The lowest BCUT2D eigenvalue weighted by atomic mass is 10.3. The van der Waals surface area contributed by atoms with Gasteiger partial charge in [0.1, 0.15) is 5.52 Å². The van der Waals surface area contributed by atoms with Gasteiger partial charge in [-0.25, -0.2) is 0 Å². The van der Waals surface area contributed by atoms with E-state index >= 15 is 0 Å². The van der Waals surface area contributed by atoms with E-state index in [1.807, 2.05) is 6.07 Å². The Morgan fingerprint density at radius 1 is 1.39 bits per heavy atom. The van der Waals surface area contributed by atoms with Crippen LogP contribution in [-0.4, -0.2) is 37.5 Å². The highest BCUT2D eigenvalue weighted by atomic mass is 16.6. The van der Waals surface area contributed by atoms with Crippen LogP contribution in [0.2, 0.25) is 0 Å². The normalized spacial score (nSPS) is 20.1. The third-order valence-corrected chi connectivity index (χ3v) is 2.78. The lowest BCUT2D eigenvalue weighted by Crippen LogP contribution is -2.34. The Balaban J connectivity index is 1.67. The molecule has 0 saturated carbocycles. The van der Waals surface area contributed by atoms with E-state index in [-0.39, 0.29) is 6.10 Å². The van der Waals surface area contributed by atoms with Gasteiger partial charge in [0.15, 0.2) is 5.58 Å². The second-order valence-corrected chi connectivity index (χ2v) is 4.19. The number of nitrogens with zero attached hydrogens (tertiary/aromatic N) is 1. The molecule has 2 heterocycles. The molecular weight excluding hydrogens is 234 g/mol. The zero-order valence-electron chi connectivity index (χ0n) is 9.89. The van der Waals surface area contributed by atoms with Gasteiger partial charge in [-0.15, -0.1) is 0 Å². The quantitative estimate of drug-likeness (QED) is 0.796. The minimum absolute atomic E-state index is 0.0406. The molecule has 6 heteroatoms. The fourth-order valence-corrected chi connectivity index (χ4v) is 1.88. The maximum absolute atomic E-state index is 5.69. The standard InChI is InChI=1S/C12H15N3O3/c13-8-1-2-11-10(5-8)15-12(18-11)14-6-9-7-16-3-4-17-9/h1-2,5,9H,3-4,6-7,13H2,(H,14,15). The molecule has 0 aliphatic carbocycles. The molecule has 1 aliphatic heterocycles. The summed E-state index contributed by atoms with van der Waals surface area (Å²) in [6.45, 7) is 2.51. The smallest absolute Gasteiger partial charge is 0.295 e. The van der Waals surface area contributed by atoms with E-state index in [1.165, 1.54) is 0 Å². The van der Waals surface area contributed by atoms with Crippen LogP contribution in [0, 0.1) is 0 Å². The minimum atomic E-state index is 0.0406. The first-order valence-electron chi connectivity index (χ1n) is 5.90. The number of nitrogens with two attached hydrogens (primary N) is 1. The van der Waals surface area contributed by atoms with Crippen molar-refractivity contribution in [2.45, 2.75) is 6.10 Å². The summed E-state index contributed by atoms with van der Waals surface area (Å²) in [5, 5.41) is 3.10. The molecule has 6 nitrogen and oxygen atoms in total. The van der Waals surface area contributed by atoms with Gasteiger partial charge in [0.25, 0.3) is 6.01 Å². The van der Waals surface area contributed by atoms with E-state index in [0.717, 1.165) is 5.52 Å². The first kappa shape index (κ1) is 11.3. The van der Waals surface area contributed by atoms with Gasteiger partial charge < -0.3 is 24.9 Å². The zero-order chi connectivity index (χ0) is 12.4. The van der Waals surface area contributed by atoms with Crippen molar-refractivity contribution in [1.82, 2.24) is 4.98 Å². The van der Waals surface area contributed by atoms with E-state index in [2.05, 4.69) is 10.3 Å². The van der Waals surface area contributed by atoms with Crippen molar-refractivity contribution in [3.63, 3.8) is 0 Å². The molecule has 1 saturated heterocycles. The van der Waals surface area contributed by atoms with E-state index in [0.29, 0.717) is 43.7 Å². The highest BCUT2D eigenvalue weighted by Gasteiger charge is 2.15. The molecular formula is C12H15N3O3. The molecule has 0 radical (unpaired) electrons. The third kappa shape index (κ3) is 2.39. The molecule has 0 bridgehead atoms. The Morgan fingerprint density at radius 2 is 2.33 bits per heavy atom. The number of rotatable bonds is 3. The van der Waals surface area contributed by atoms with Crippen LogP contribution in [0.3, 0.4) is 0 Å². The summed E-state index contributed by atoms with van der Waals surface area (Å²) >= 11 is 0. The van der Waals surface area contributed by atoms with Crippen molar-refractivity contribution >= 4 is 22.8 Å². The number of fused-ring (bicyclic) bond motifs is 1. The lowest BCUT2D eigenvalue weighted by molar-refractivity contribution is -0.0820. The number of aromatic nitrogens is 1. The largest absolute Gasteiger partial charge is 0.424 e. The summed E-state index contributed by atoms with van der Waals surface area (Å²) in [7, 11) is 0. The second-order valence-electron chi connectivity index (χ2n) is 4.19. The Kier molecular flexibility index (Phi) is 3.04. The highest BCUT2D eigenvalue weighted by Crippen LogP contribution is 2.21. The van der Waals surface area contributed by atoms with Crippen LogP contribution in [-0.2, 0) is 9.47 Å². The number of benzene rings is 1. The lowest BCUT2D eigenvalue weighted by Gasteiger charge is -2.22. The van der Waals surface area contributed by atoms with Gasteiger partial charge in [-0.2, -0.15) is 4.98 Å². The predicted octanol–water partition coefficient (Wildman–Crippen LogP) is 1.24. The Labute approximate surface area is 104 Å². The van der Waals surface area contributed by atoms with Crippen LogP contribution < -0.4 is 11.1 Å². The maximum atomic E-state index is 5.69. The van der Waals surface area contributed by atoms with E-state index in [1.54, 1.807) is 12.1 Å². The molecule has 3 rings (SSSR count). The van der Waals surface area contributed by atoms with Crippen molar-refractivity contribution in [2.24, 2.45) is 0 Å². The average molecular weight is 249 g/mol. The van der Waals surface area contributed by atoms with Gasteiger partial charge in [0, 0.05) is 12.2 Å². The van der Waals surface area contributed by atoms with Gasteiger partial charge in [-0.3, -0.25) is 0 Å². The maximum Gasteiger partial charge on any atom is 0.295 e. The highest BCUT2D eigenvalue weighted by molar-refractivity contribution is 5.78.